The molecule has 2 atom stereocenters. The fraction of sp³-hybridized carbons (Fsp3) is 0.444. The van der Waals surface area contributed by atoms with Gasteiger partial charge < -0.3 is 25.4 Å². The summed E-state index contributed by atoms with van der Waals surface area (Å²) in [4.78, 5) is 18.2. The number of ether oxygens (including phenoxy) is 1. The molecule has 2 rings (SSSR count). The van der Waals surface area contributed by atoms with Crippen molar-refractivity contribution in [3.8, 4) is 5.75 Å². The van der Waals surface area contributed by atoms with E-state index < -0.39 is 18.0 Å². The number of fused-ring (bicyclic) bond motifs is 1. The van der Waals surface area contributed by atoms with E-state index in [4.69, 9.17) is 24.5 Å². The van der Waals surface area contributed by atoms with E-state index in [0.717, 1.165) is 11.1 Å². The van der Waals surface area contributed by atoms with E-state index in [-0.39, 0.29) is 11.6 Å². The van der Waals surface area contributed by atoms with Crippen LogP contribution in [0.15, 0.2) is 29.6 Å². The van der Waals surface area contributed by atoms with E-state index in [0.29, 0.717) is 6.61 Å². The van der Waals surface area contributed by atoms with Gasteiger partial charge in [-0.3, -0.25) is 0 Å². The number of aliphatic carboxylic acids is 2. The molecule has 26 heavy (non-hydrogen) atoms. The zero-order valence-corrected chi connectivity index (χ0v) is 16.0. The van der Waals surface area contributed by atoms with Crippen LogP contribution in [0.25, 0.3) is 10.1 Å². The van der Waals surface area contributed by atoms with Crippen LogP contribution < -0.4 is 10.1 Å². The maximum Gasteiger partial charge on any atom is 0.414 e. The molecule has 4 N–H and O–H groups in total. The predicted octanol–water partition coefficient (Wildman–Crippen LogP) is 2.57. The van der Waals surface area contributed by atoms with Crippen molar-refractivity contribution in [2.24, 2.45) is 0 Å². The molecule has 1 aromatic carbocycles. The minimum absolute atomic E-state index is 0.0170. The second-order valence-electron chi connectivity index (χ2n) is 6.76. The number of rotatable bonds is 5. The quantitative estimate of drug-likeness (QED) is 0.586. The zero-order chi connectivity index (χ0) is 19.9. The van der Waals surface area contributed by atoms with Crippen LogP contribution in [0.2, 0.25) is 0 Å². The van der Waals surface area contributed by atoms with Crippen LogP contribution in [0.5, 0.6) is 5.75 Å². The van der Waals surface area contributed by atoms with Crippen molar-refractivity contribution in [3.63, 3.8) is 0 Å². The Labute approximate surface area is 156 Å². The molecule has 0 saturated carbocycles. The van der Waals surface area contributed by atoms with Crippen molar-refractivity contribution in [2.45, 2.75) is 45.4 Å². The fourth-order valence-corrected chi connectivity index (χ4v) is 2.99. The summed E-state index contributed by atoms with van der Waals surface area (Å²) in [6.07, 6.45) is -0.539. The highest BCUT2D eigenvalue weighted by molar-refractivity contribution is 7.17. The molecule has 7 nitrogen and oxygen atoms in total. The molecule has 1 heterocycles. The summed E-state index contributed by atoms with van der Waals surface area (Å²) in [5, 5.41) is 31.5. The van der Waals surface area contributed by atoms with Crippen molar-refractivity contribution in [1.29, 1.82) is 0 Å². The Balaban J connectivity index is 0.000000487. The fourth-order valence-electron chi connectivity index (χ4n) is 2.19. The van der Waals surface area contributed by atoms with E-state index in [2.05, 4.69) is 43.6 Å². The molecule has 0 radical (unpaired) electrons. The number of carboxylic acids is 2. The molecule has 0 aliphatic carbocycles. The standard InChI is InChI=1S/C16H23NO2S.C2H2O4/c1-11(17-16(2,3)4)13(18)10-19-14-6-5-7-15-12(14)8-9-20-15;3-1(4)2(5)6/h5-9,11,13,17-18H,10H2,1-4H3;(H,3,4)(H,5,6). The van der Waals surface area contributed by atoms with Crippen LogP contribution in [0.3, 0.4) is 0 Å². The average Bonchev–Trinajstić information content (AvgIpc) is 3.00. The number of carboxylic acid groups (broad SMARTS) is 2. The third-order valence-corrected chi connectivity index (χ3v) is 4.17. The van der Waals surface area contributed by atoms with Crippen LogP contribution in [0.4, 0.5) is 0 Å². The molecule has 2 aromatic rings. The molecule has 0 bridgehead atoms. The second-order valence-corrected chi connectivity index (χ2v) is 7.71. The van der Waals surface area contributed by atoms with E-state index in [1.54, 1.807) is 11.3 Å². The highest BCUT2D eigenvalue weighted by Crippen LogP contribution is 2.29. The topological polar surface area (TPSA) is 116 Å². The first-order chi connectivity index (χ1) is 12.0. The zero-order valence-electron chi connectivity index (χ0n) is 15.2. The van der Waals surface area contributed by atoms with Gasteiger partial charge in [0.05, 0.1) is 0 Å². The number of carbonyl (C=O) groups is 2. The smallest absolute Gasteiger partial charge is 0.414 e. The first-order valence-corrected chi connectivity index (χ1v) is 8.90. The second kappa shape index (κ2) is 9.51. The van der Waals surface area contributed by atoms with E-state index >= 15 is 0 Å². The minimum atomic E-state index is -1.82. The molecule has 0 aliphatic rings. The molecule has 0 amide bonds. The van der Waals surface area contributed by atoms with Crippen LogP contribution >= 0.6 is 11.3 Å². The van der Waals surface area contributed by atoms with E-state index in [1.165, 1.54) is 4.70 Å². The number of benzene rings is 1. The van der Waals surface area contributed by atoms with Gasteiger partial charge in [0, 0.05) is 21.7 Å². The van der Waals surface area contributed by atoms with Gasteiger partial charge in [0.1, 0.15) is 18.5 Å². The number of aliphatic hydroxyl groups is 1. The number of thiophene rings is 1. The van der Waals surface area contributed by atoms with E-state index in [1.807, 2.05) is 19.1 Å². The number of aliphatic hydroxyl groups excluding tert-OH is 1. The molecule has 2 unspecified atom stereocenters. The first-order valence-electron chi connectivity index (χ1n) is 8.02. The number of hydrogen-bond donors (Lipinski definition) is 4. The highest BCUT2D eigenvalue weighted by Gasteiger charge is 2.20. The van der Waals surface area contributed by atoms with Crippen LogP contribution in [0.1, 0.15) is 27.7 Å². The molecule has 1 aromatic heterocycles. The Kier molecular flexibility index (Phi) is 8.01. The normalized spacial score (nSPS) is 13.4. The van der Waals surface area contributed by atoms with Gasteiger partial charge in [-0.15, -0.1) is 11.3 Å². The molecular weight excluding hydrogens is 358 g/mol. The van der Waals surface area contributed by atoms with E-state index in [9.17, 15) is 5.11 Å². The van der Waals surface area contributed by atoms with Crippen molar-refractivity contribution < 1.29 is 29.6 Å². The highest BCUT2D eigenvalue weighted by atomic mass is 32.1. The maximum absolute atomic E-state index is 10.2. The minimum Gasteiger partial charge on any atom is -0.490 e. The summed E-state index contributed by atoms with van der Waals surface area (Å²) < 4.78 is 7.00. The van der Waals surface area contributed by atoms with Crippen molar-refractivity contribution in [2.75, 3.05) is 6.61 Å². The Bertz CT molecular complexity index is 725. The predicted molar refractivity (Wildman–Crippen MR) is 101 cm³/mol. The summed E-state index contributed by atoms with van der Waals surface area (Å²) in [6.45, 7) is 8.53. The summed E-state index contributed by atoms with van der Waals surface area (Å²) >= 11 is 1.70. The lowest BCUT2D eigenvalue weighted by molar-refractivity contribution is -0.159. The number of nitrogens with one attached hydrogen (secondary N) is 1. The Morgan fingerprint density at radius 2 is 1.81 bits per heavy atom. The summed E-state index contributed by atoms with van der Waals surface area (Å²) in [6, 6.07) is 8.05. The van der Waals surface area contributed by atoms with Crippen LogP contribution in [-0.2, 0) is 9.59 Å². The Morgan fingerprint density at radius 3 is 2.35 bits per heavy atom. The van der Waals surface area contributed by atoms with Crippen molar-refractivity contribution >= 4 is 33.4 Å². The lowest BCUT2D eigenvalue weighted by atomic mass is 10.1. The van der Waals surface area contributed by atoms with Gasteiger partial charge in [-0.1, -0.05) is 6.07 Å². The molecule has 144 valence electrons. The Morgan fingerprint density at radius 1 is 1.19 bits per heavy atom. The lowest BCUT2D eigenvalue weighted by Gasteiger charge is -2.29. The average molecular weight is 383 g/mol. The summed E-state index contributed by atoms with van der Waals surface area (Å²) in [7, 11) is 0. The van der Waals surface area contributed by atoms with Gasteiger partial charge in [-0.25, -0.2) is 9.59 Å². The molecule has 0 spiro atoms. The molecule has 0 aliphatic heterocycles. The molecule has 8 heteroatoms. The SMILES string of the molecule is CC(NC(C)(C)C)C(O)COc1cccc2sccc12.O=C(O)C(=O)O. The monoisotopic (exact) mass is 383 g/mol. The van der Waals surface area contributed by atoms with Gasteiger partial charge in [-0.2, -0.15) is 0 Å². The van der Waals surface area contributed by atoms with Crippen molar-refractivity contribution in [3.05, 3.63) is 29.6 Å². The molecular formula is C18H25NO6S. The summed E-state index contributed by atoms with van der Waals surface area (Å²) in [5.74, 6) is -2.81. The lowest BCUT2D eigenvalue weighted by Crippen LogP contribution is -2.49. The third kappa shape index (κ3) is 7.38. The van der Waals surface area contributed by atoms with Crippen LogP contribution in [0, 0.1) is 0 Å². The van der Waals surface area contributed by atoms with Crippen molar-refractivity contribution in [1.82, 2.24) is 5.32 Å². The van der Waals surface area contributed by atoms with Crippen LogP contribution in [-0.4, -0.2) is 51.5 Å². The third-order valence-electron chi connectivity index (χ3n) is 3.29. The number of hydrogen-bond acceptors (Lipinski definition) is 6. The summed E-state index contributed by atoms with van der Waals surface area (Å²) in [5.41, 5.74) is -0.0201. The Hall–Kier alpha value is -2.16. The molecule has 0 saturated heterocycles. The van der Waals surface area contributed by atoms with Gasteiger partial charge in [0.15, 0.2) is 0 Å². The first kappa shape index (κ1) is 21.9. The van der Waals surface area contributed by atoms with Gasteiger partial charge in [0.25, 0.3) is 0 Å². The molecule has 0 fully saturated rings. The largest absolute Gasteiger partial charge is 0.490 e. The maximum atomic E-state index is 10.2. The van der Waals surface area contributed by atoms with Gasteiger partial charge in [0.2, 0.25) is 0 Å². The van der Waals surface area contributed by atoms with Gasteiger partial charge >= 0.3 is 11.9 Å². The van der Waals surface area contributed by atoms with Gasteiger partial charge in [-0.05, 0) is 51.3 Å².